The topological polar surface area (TPSA) is 48.7 Å². The van der Waals surface area contributed by atoms with E-state index in [9.17, 15) is 4.79 Å². The molecule has 4 nitrogen and oxygen atoms in total. The number of Topliss-reactive ketones (excluding diaryl/α,β-unsaturated/α-hetero) is 1. The Morgan fingerprint density at radius 2 is 2.00 bits per heavy atom. The number of hydrogen-bond donors (Lipinski definition) is 0. The summed E-state index contributed by atoms with van der Waals surface area (Å²) < 4.78 is 15.7. The number of hydrogen-bond acceptors (Lipinski definition) is 4. The van der Waals surface area contributed by atoms with E-state index in [0.717, 1.165) is 5.39 Å². The molecule has 0 radical (unpaired) electrons. The van der Waals surface area contributed by atoms with Crippen LogP contribution in [-0.4, -0.2) is 20.0 Å². The molecule has 4 heteroatoms. The lowest BCUT2D eigenvalue weighted by Crippen LogP contribution is -1.93. The monoisotopic (exact) mass is 220 g/mol. The van der Waals surface area contributed by atoms with Crippen molar-refractivity contribution in [1.82, 2.24) is 0 Å². The van der Waals surface area contributed by atoms with Gasteiger partial charge >= 0.3 is 0 Å². The molecule has 1 heterocycles. The smallest absolute Gasteiger partial charge is 0.212 e. The maximum absolute atomic E-state index is 11.3. The molecule has 16 heavy (non-hydrogen) atoms. The molecular weight excluding hydrogens is 208 g/mol. The molecular formula is C12H12O4. The van der Waals surface area contributed by atoms with Crippen LogP contribution in [0.25, 0.3) is 11.0 Å². The van der Waals surface area contributed by atoms with Gasteiger partial charge in [0.05, 0.1) is 19.6 Å². The van der Waals surface area contributed by atoms with E-state index < -0.39 is 0 Å². The van der Waals surface area contributed by atoms with Gasteiger partial charge in [0.2, 0.25) is 5.76 Å². The van der Waals surface area contributed by atoms with E-state index in [2.05, 4.69) is 0 Å². The molecule has 84 valence electrons. The molecule has 0 N–H and O–H groups in total. The van der Waals surface area contributed by atoms with Gasteiger partial charge in [-0.25, -0.2) is 0 Å². The van der Waals surface area contributed by atoms with Crippen molar-refractivity contribution >= 4 is 16.8 Å². The van der Waals surface area contributed by atoms with Crippen LogP contribution in [0.5, 0.6) is 11.5 Å². The Balaban J connectivity index is 2.73. The summed E-state index contributed by atoms with van der Waals surface area (Å²) in [5.41, 5.74) is 0.614. The highest BCUT2D eigenvalue weighted by atomic mass is 16.5. The van der Waals surface area contributed by atoms with Gasteiger partial charge in [-0.1, -0.05) is 0 Å². The lowest BCUT2D eigenvalue weighted by molar-refractivity contribution is 0.0985. The van der Waals surface area contributed by atoms with Gasteiger partial charge in [-0.3, -0.25) is 4.79 Å². The van der Waals surface area contributed by atoms with Gasteiger partial charge in [-0.15, -0.1) is 0 Å². The molecule has 2 rings (SSSR count). The van der Waals surface area contributed by atoms with Crippen LogP contribution >= 0.6 is 0 Å². The maximum atomic E-state index is 11.3. The van der Waals surface area contributed by atoms with Crippen LogP contribution in [0.1, 0.15) is 17.5 Å². The van der Waals surface area contributed by atoms with Gasteiger partial charge in [-0.05, 0) is 18.2 Å². The fraction of sp³-hybridized carbons (Fsp3) is 0.250. The summed E-state index contributed by atoms with van der Waals surface area (Å²) in [4.78, 5) is 11.3. The number of ether oxygens (including phenoxy) is 2. The largest absolute Gasteiger partial charge is 0.497 e. The fourth-order valence-corrected chi connectivity index (χ4v) is 1.62. The third-order valence-corrected chi connectivity index (χ3v) is 2.37. The minimum Gasteiger partial charge on any atom is -0.497 e. The van der Waals surface area contributed by atoms with Gasteiger partial charge in [0, 0.05) is 6.92 Å². The normalized spacial score (nSPS) is 10.4. The first-order chi connectivity index (χ1) is 7.67. The summed E-state index contributed by atoms with van der Waals surface area (Å²) >= 11 is 0. The van der Waals surface area contributed by atoms with E-state index >= 15 is 0 Å². The van der Waals surface area contributed by atoms with Crippen molar-refractivity contribution < 1.29 is 18.7 Å². The third-order valence-electron chi connectivity index (χ3n) is 2.37. The van der Waals surface area contributed by atoms with E-state index in [1.807, 2.05) is 0 Å². The first-order valence-electron chi connectivity index (χ1n) is 4.83. The van der Waals surface area contributed by atoms with E-state index in [0.29, 0.717) is 17.1 Å². The van der Waals surface area contributed by atoms with Gasteiger partial charge in [0.15, 0.2) is 11.5 Å². The van der Waals surface area contributed by atoms with E-state index in [1.165, 1.54) is 14.0 Å². The molecule has 0 fully saturated rings. The third kappa shape index (κ3) is 1.52. The van der Waals surface area contributed by atoms with Crippen molar-refractivity contribution in [2.45, 2.75) is 6.92 Å². The van der Waals surface area contributed by atoms with E-state index in [-0.39, 0.29) is 11.5 Å². The van der Waals surface area contributed by atoms with Crippen LogP contribution in [0.3, 0.4) is 0 Å². The molecule has 1 aromatic heterocycles. The zero-order chi connectivity index (χ0) is 11.7. The predicted octanol–water partition coefficient (Wildman–Crippen LogP) is 2.65. The fourth-order valence-electron chi connectivity index (χ4n) is 1.62. The second kappa shape index (κ2) is 3.89. The maximum Gasteiger partial charge on any atom is 0.212 e. The molecule has 0 saturated carbocycles. The van der Waals surface area contributed by atoms with Crippen molar-refractivity contribution in [2.24, 2.45) is 0 Å². The number of carbonyl (C=O) groups is 1. The Morgan fingerprint density at radius 1 is 1.25 bits per heavy atom. The van der Waals surface area contributed by atoms with Crippen LogP contribution in [0.2, 0.25) is 0 Å². The van der Waals surface area contributed by atoms with Crippen molar-refractivity contribution in [3.05, 3.63) is 24.0 Å². The lowest BCUT2D eigenvalue weighted by Gasteiger charge is -2.00. The molecule has 0 aliphatic carbocycles. The standard InChI is InChI=1S/C12H12O4/c1-7(13)11-12(15-3)9-6-8(14-2)4-5-10(9)16-11/h4-6H,1-3H3. The molecule has 0 aliphatic heterocycles. The Hall–Kier alpha value is -1.97. The number of fused-ring (bicyclic) bond motifs is 1. The molecule has 0 atom stereocenters. The highest BCUT2D eigenvalue weighted by Crippen LogP contribution is 2.35. The average Bonchev–Trinajstić information content (AvgIpc) is 2.66. The zero-order valence-electron chi connectivity index (χ0n) is 9.37. The predicted molar refractivity (Wildman–Crippen MR) is 59.3 cm³/mol. The molecule has 0 amide bonds. The highest BCUT2D eigenvalue weighted by molar-refractivity contribution is 6.01. The first-order valence-corrected chi connectivity index (χ1v) is 4.83. The molecule has 0 aliphatic rings. The zero-order valence-corrected chi connectivity index (χ0v) is 9.37. The highest BCUT2D eigenvalue weighted by Gasteiger charge is 2.18. The summed E-state index contributed by atoms with van der Waals surface area (Å²) in [6.07, 6.45) is 0. The molecule has 1 aromatic carbocycles. The van der Waals surface area contributed by atoms with Crippen molar-refractivity contribution in [1.29, 1.82) is 0 Å². The number of carbonyl (C=O) groups excluding carboxylic acids is 1. The first kappa shape index (κ1) is 10.5. The molecule has 0 unspecified atom stereocenters. The van der Waals surface area contributed by atoms with Gasteiger partial charge in [0.25, 0.3) is 0 Å². The Morgan fingerprint density at radius 3 is 2.56 bits per heavy atom. The Kier molecular flexibility index (Phi) is 2.56. The van der Waals surface area contributed by atoms with Crippen LogP contribution in [0, 0.1) is 0 Å². The molecule has 2 aromatic rings. The van der Waals surface area contributed by atoms with Gasteiger partial charge < -0.3 is 13.9 Å². The number of methoxy groups -OCH3 is 2. The number of benzene rings is 1. The molecule has 0 bridgehead atoms. The van der Waals surface area contributed by atoms with Crippen LogP contribution < -0.4 is 9.47 Å². The van der Waals surface area contributed by atoms with E-state index in [1.54, 1.807) is 25.3 Å². The second-order valence-corrected chi connectivity index (χ2v) is 3.38. The number of rotatable bonds is 3. The Bertz CT molecular complexity index is 539. The second-order valence-electron chi connectivity index (χ2n) is 3.38. The van der Waals surface area contributed by atoms with Crippen molar-refractivity contribution in [2.75, 3.05) is 14.2 Å². The van der Waals surface area contributed by atoms with Crippen LogP contribution in [0.4, 0.5) is 0 Å². The van der Waals surface area contributed by atoms with Gasteiger partial charge in [-0.2, -0.15) is 0 Å². The summed E-state index contributed by atoms with van der Waals surface area (Å²) in [5.74, 6) is 1.24. The minimum atomic E-state index is -0.160. The van der Waals surface area contributed by atoms with Crippen LogP contribution in [-0.2, 0) is 0 Å². The summed E-state index contributed by atoms with van der Waals surface area (Å²) in [5, 5.41) is 0.743. The number of furan rings is 1. The SMILES string of the molecule is COc1ccc2oc(C(C)=O)c(OC)c2c1. The Labute approximate surface area is 92.8 Å². The van der Waals surface area contributed by atoms with E-state index in [4.69, 9.17) is 13.9 Å². The van der Waals surface area contributed by atoms with Crippen molar-refractivity contribution in [3.8, 4) is 11.5 Å². The summed E-state index contributed by atoms with van der Waals surface area (Å²) in [6, 6.07) is 5.31. The minimum absolute atomic E-state index is 0.160. The van der Waals surface area contributed by atoms with Crippen molar-refractivity contribution in [3.63, 3.8) is 0 Å². The number of ketones is 1. The molecule has 0 saturated heterocycles. The summed E-state index contributed by atoms with van der Waals surface area (Å²) in [7, 11) is 3.09. The molecule has 0 spiro atoms. The summed E-state index contributed by atoms with van der Waals surface area (Å²) in [6.45, 7) is 1.44. The van der Waals surface area contributed by atoms with Crippen LogP contribution in [0.15, 0.2) is 22.6 Å². The quantitative estimate of drug-likeness (QED) is 0.746. The lowest BCUT2D eigenvalue weighted by atomic mass is 10.2. The van der Waals surface area contributed by atoms with Gasteiger partial charge in [0.1, 0.15) is 11.3 Å². The average molecular weight is 220 g/mol.